The summed E-state index contributed by atoms with van der Waals surface area (Å²) in [5.41, 5.74) is 3.20. The Balaban J connectivity index is 1.53. The summed E-state index contributed by atoms with van der Waals surface area (Å²) >= 11 is 0. The topological polar surface area (TPSA) is 85.9 Å². The normalized spacial score (nSPS) is 10.5. The summed E-state index contributed by atoms with van der Waals surface area (Å²) in [7, 11) is 1.54. The molecule has 0 aliphatic heterocycles. The number of anilines is 2. The molecule has 0 radical (unpaired) electrons. The number of hydrogen-bond acceptors (Lipinski definition) is 5. The molecule has 7 nitrogen and oxygen atoms in total. The van der Waals surface area contributed by atoms with E-state index in [-0.39, 0.29) is 30.9 Å². The van der Waals surface area contributed by atoms with Crippen molar-refractivity contribution in [3.63, 3.8) is 0 Å². The number of hydrogen-bond donors (Lipinski definition) is 2. The Morgan fingerprint density at radius 2 is 1.35 bits per heavy atom. The fourth-order valence-electron chi connectivity index (χ4n) is 3.34. The second kappa shape index (κ2) is 11.7. The molecule has 0 bridgehead atoms. The molecule has 3 rings (SSSR count). The van der Waals surface area contributed by atoms with Crippen molar-refractivity contribution in [2.45, 2.75) is 26.7 Å². The standard InChI is InChI=1S/C27H30N2O5/c1-18(2)22-13-12-19(3)14-25(22)34-17-27(31)29-21-9-7-8-20(15-21)28-26(30)16-33-24-11-6-5-10-23(24)32-4/h5-15,18H,16-17H2,1-4H3,(H,28,30)(H,29,31). The first-order chi connectivity index (χ1) is 16.4. The van der Waals surface area contributed by atoms with Gasteiger partial charge in [0.25, 0.3) is 11.8 Å². The quantitative estimate of drug-likeness (QED) is 0.435. The lowest BCUT2D eigenvalue weighted by Crippen LogP contribution is -2.22. The second-order valence-electron chi connectivity index (χ2n) is 8.10. The molecule has 34 heavy (non-hydrogen) atoms. The summed E-state index contributed by atoms with van der Waals surface area (Å²) in [5.74, 6) is 1.40. The summed E-state index contributed by atoms with van der Waals surface area (Å²) in [6.45, 7) is 5.85. The van der Waals surface area contributed by atoms with E-state index < -0.39 is 0 Å². The van der Waals surface area contributed by atoms with E-state index in [1.165, 1.54) is 7.11 Å². The van der Waals surface area contributed by atoms with Gasteiger partial charge >= 0.3 is 0 Å². The van der Waals surface area contributed by atoms with Crippen molar-refractivity contribution in [3.8, 4) is 17.2 Å². The minimum absolute atomic E-state index is 0.119. The number of methoxy groups -OCH3 is 1. The van der Waals surface area contributed by atoms with Crippen LogP contribution < -0.4 is 24.8 Å². The van der Waals surface area contributed by atoms with Crippen LogP contribution in [0.3, 0.4) is 0 Å². The van der Waals surface area contributed by atoms with Gasteiger partial charge in [0.15, 0.2) is 24.7 Å². The number of nitrogens with one attached hydrogen (secondary N) is 2. The highest BCUT2D eigenvalue weighted by Crippen LogP contribution is 2.28. The third-order valence-electron chi connectivity index (χ3n) is 5.01. The average Bonchev–Trinajstić information content (AvgIpc) is 2.81. The lowest BCUT2D eigenvalue weighted by Gasteiger charge is -2.15. The van der Waals surface area contributed by atoms with Gasteiger partial charge in [-0.25, -0.2) is 0 Å². The van der Waals surface area contributed by atoms with Crippen LogP contribution in [0.5, 0.6) is 17.2 Å². The van der Waals surface area contributed by atoms with Gasteiger partial charge in [0.1, 0.15) is 5.75 Å². The van der Waals surface area contributed by atoms with Crippen LogP contribution in [0.4, 0.5) is 11.4 Å². The maximum absolute atomic E-state index is 12.4. The Labute approximate surface area is 200 Å². The first kappa shape index (κ1) is 24.6. The van der Waals surface area contributed by atoms with E-state index in [1.54, 1.807) is 42.5 Å². The number of benzene rings is 3. The molecule has 0 aliphatic carbocycles. The minimum atomic E-state index is -0.335. The number of carbonyl (C=O) groups excluding carboxylic acids is 2. The number of ether oxygens (including phenoxy) is 3. The van der Waals surface area contributed by atoms with Crippen molar-refractivity contribution in [1.82, 2.24) is 0 Å². The second-order valence-corrected chi connectivity index (χ2v) is 8.10. The summed E-state index contributed by atoms with van der Waals surface area (Å²) < 4.78 is 16.5. The monoisotopic (exact) mass is 462 g/mol. The van der Waals surface area contributed by atoms with Crippen LogP contribution in [0.1, 0.15) is 30.9 Å². The van der Waals surface area contributed by atoms with E-state index in [1.807, 2.05) is 31.2 Å². The highest BCUT2D eigenvalue weighted by Gasteiger charge is 2.12. The molecule has 3 aromatic rings. The summed E-state index contributed by atoms with van der Waals surface area (Å²) in [6, 6.07) is 20.0. The lowest BCUT2D eigenvalue weighted by molar-refractivity contribution is -0.118. The highest BCUT2D eigenvalue weighted by molar-refractivity contribution is 5.95. The van der Waals surface area contributed by atoms with Gasteiger partial charge in [-0.1, -0.05) is 44.2 Å². The summed E-state index contributed by atoms with van der Waals surface area (Å²) in [5, 5.41) is 5.56. The molecule has 0 unspecified atom stereocenters. The zero-order valence-electron chi connectivity index (χ0n) is 19.9. The van der Waals surface area contributed by atoms with Crippen LogP contribution in [0, 0.1) is 6.92 Å². The summed E-state index contributed by atoms with van der Waals surface area (Å²) in [4.78, 5) is 24.8. The van der Waals surface area contributed by atoms with E-state index in [9.17, 15) is 9.59 Å². The Bertz CT molecular complexity index is 1140. The van der Waals surface area contributed by atoms with Crippen molar-refractivity contribution >= 4 is 23.2 Å². The van der Waals surface area contributed by atoms with Crippen LogP contribution in [0.15, 0.2) is 66.7 Å². The number of rotatable bonds is 10. The van der Waals surface area contributed by atoms with Gasteiger partial charge in [-0.15, -0.1) is 0 Å². The number of amides is 2. The van der Waals surface area contributed by atoms with Crippen LogP contribution in [-0.2, 0) is 9.59 Å². The maximum atomic E-state index is 12.4. The first-order valence-electron chi connectivity index (χ1n) is 11.0. The Hall–Kier alpha value is -4.00. The zero-order chi connectivity index (χ0) is 24.5. The van der Waals surface area contributed by atoms with Crippen LogP contribution in [0.25, 0.3) is 0 Å². The highest BCUT2D eigenvalue weighted by atomic mass is 16.5. The average molecular weight is 463 g/mol. The molecular formula is C27H30N2O5. The van der Waals surface area contributed by atoms with Gasteiger partial charge in [-0.3, -0.25) is 9.59 Å². The molecule has 0 fully saturated rings. The predicted octanol–water partition coefficient (Wildman–Crippen LogP) is 5.16. The third-order valence-corrected chi connectivity index (χ3v) is 5.01. The van der Waals surface area contributed by atoms with Gasteiger partial charge < -0.3 is 24.8 Å². The first-order valence-corrected chi connectivity index (χ1v) is 11.0. The van der Waals surface area contributed by atoms with Gasteiger partial charge in [-0.2, -0.15) is 0 Å². The van der Waals surface area contributed by atoms with Gasteiger partial charge in [0.05, 0.1) is 7.11 Å². The third kappa shape index (κ3) is 7.00. The van der Waals surface area contributed by atoms with Crippen molar-refractivity contribution in [2.75, 3.05) is 31.0 Å². The zero-order valence-corrected chi connectivity index (χ0v) is 19.9. The molecule has 0 heterocycles. The molecular weight excluding hydrogens is 432 g/mol. The smallest absolute Gasteiger partial charge is 0.262 e. The van der Waals surface area contributed by atoms with Gasteiger partial charge in [-0.05, 0) is 60.4 Å². The number of carbonyl (C=O) groups is 2. The molecule has 0 spiro atoms. The fraction of sp³-hybridized carbons (Fsp3) is 0.259. The van der Waals surface area contributed by atoms with Crippen LogP contribution in [-0.4, -0.2) is 32.1 Å². The molecule has 0 aliphatic rings. The lowest BCUT2D eigenvalue weighted by atomic mass is 10.0. The number of para-hydroxylation sites is 2. The minimum Gasteiger partial charge on any atom is -0.493 e. The van der Waals surface area contributed by atoms with E-state index in [0.717, 1.165) is 11.1 Å². The SMILES string of the molecule is COc1ccccc1OCC(=O)Nc1cccc(NC(=O)COc2cc(C)ccc2C(C)C)c1. The van der Waals surface area contributed by atoms with Crippen molar-refractivity contribution in [1.29, 1.82) is 0 Å². The summed E-state index contributed by atoms with van der Waals surface area (Å²) in [6.07, 6.45) is 0. The maximum Gasteiger partial charge on any atom is 0.262 e. The number of aryl methyl sites for hydroxylation is 1. The molecule has 2 amide bonds. The Morgan fingerprint density at radius 1 is 0.765 bits per heavy atom. The van der Waals surface area contributed by atoms with E-state index in [2.05, 4.69) is 24.5 Å². The van der Waals surface area contributed by atoms with Gasteiger partial charge in [0, 0.05) is 11.4 Å². The molecule has 0 saturated heterocycles. The molecule has 3 aromatic carbocycles. The van der Waals surface area contributed by atoms with E-state index in [0.29, 0.717) is 28.6 Å². The molecule has 178 valence electrons. The van der Waals surface area contributed by atoms with Crippen LogP contribution in [0.2, 0.25) is 0 Å². The van der Waals surface area contributed by atoms with Crippen LogP contribution >= 0.6 is 0 Å². The van der Waals surface area contributed by atoms with E-state index in [4.69, 9.17) is 14.2 Å². The molecule has 2 N–H and O–H groups in total. The van der Waals surface area contributed by atoms with Crippen molar-refractivity contribution in [2.24, 2.45) is 0 Å². The molecule has 0 saturated carbocycles. The Kier molecular flexibility index (Phi) is 8.51. The molecule has 0 aromatic heterocycles. The van der Waals surface area contributed by atoms with Gasteiger partial charge in [0.2, 0.25) is 0 Å². The Morgan fingerprint density at radius 3 is 1.94 bits per heavy atom. The van der Waals surface area contributed by atoms with E-state index >= 15 is 0 Å². The molecule has 7 heteroatoms. The predicted molar refractivity (Wildman–Crippen MR) is 133 cm³/mol. The van der Waals surface area contributed by atoms with Crippen molar-refractivity contribution < 1.29 is 23.8 Å². The molecule has 0 atom stereocenters. The largest absolute Gasteiger partial charge is 0.493 e. The fourth-order valence-corrected chi connectivity index (χ4v) is 3.34. The van der Waals surface area contributed by atoms with Crippen molar-refractivity contribution in [3.05, 3.63) is 77.9 Å².